The first-order valence-electron chi connectivity index (χ1n) is 23.0. The smallest absolute Gasteiger partial charge is 0.408 e. The zero-order valence-electron chi connectivity index (χ0n) is 41.1. The molecule has 5 amide bonds. The highest BCUT2D eigenvalue weighted by molar-refractivity contribution is 5.95. The largest absolute Gasteiger partial charge is 0.497 e. The molecule has 0 aliphatic heterocycles. The first kappa shape index (κ1) is 54.3. The number of primary amides is 1. The Labute approximate surface area is 405 Å². The molecule has 0 saturated carbocycles. The van der Waals surface area contributed by atoms with Gasteiger partial charge < -0.3 is 56.6 Å². The average molecular weight is 951 g/mol. The number of carbonyl (C=O) groups excluding carboxylic acids is 5. The maximum atomic E-state index is 16.4. The molecule has 0 radical (unpaired) electrons. The monoisotopic (exact) mass is 951 g/mol. The summed E-state index contributed by atoms with van der Waals surface area (Å²) in [6.07, 6.45) is -0.629. The number of amides is 5. The number of methoxy groups -OCH3 is 2. The molecular weight excluding hydrogens is 881 g/mol. The van der Waals surface area contributed by atoms with Crippen LogP contribution >= 0.6 is 0 Å². The fourth-order valence-electron chi connectivity index (χ4n) is 7.90. The van der Waals surface area contributed by atoms with Gasteiger partial charge in [-0.3, -0.25) is 19.8 Å². The van der Waals surface area contributed by atoms with Crippen LogP contribution in [0.4, 0.5) is 9.59 Å². The van der Waals surface area contributed by atoms with Gasteiger partial charge in [0.25, 0.3) is 0 Å². The van der Waals surface area contributed by atoms with Crippen LogP contribution in [0, 0.1) is 5.41 Å². The van der Waals surface area contributed by atoms with Crippen LogP contribution in [0.15, 0.2) is 109 Å². The Kier molecular flexibility index (Phi) is 19.8. The van der Waals surface area contributed by atoms with Gasteiger partial charge in [0.1, 0.15) is 46.4 Å². The lowest BCUT2D eigenvalue weighted by molar-refractivity contribution is -0.148. The number of nitrogens with one attached hydrogen (secondary N) is 5. The molecule has 0 aromatic heterocycles. The maximum absolute atomic E-state index is 16.4. The van der Waals surface area contributed by atoms with E-state index in [1.54, 1.807) is 65.8 Å². The van der Waals surface area contributed by atoms with Gasteiger partial charge in [-0.2, -0.15) is 0 Å². The molecule has 0 unspecified atom stereocenters. The first-order valence-corrected chi connectivity index (χ1v) is 23.0. The standard InChI is InChI=1S/C52H70N8O9/c1-50(2,3)68-48(64)57-32-16-15-23-43(45(62)58-42(44(53)61)34-35-18-11-9-12-19-35)60(46(63)41(22-17-33-56-47(54)55)59-49(65)69-51(4,5)6)52(36-20-13-10-14-21-36,37-24-28-39(66-7)29-25-37)38-26-30-40(67-8)31-27-38/h9-14,18-21,24-31,41-43H,15-17,22-23,32-34H2,1-8H3,(H2,53,61)(H,57,64)(H,58,62)(H,59,65)(H4,54,55,56)/t41-,42+,43+/m1/s1. The van der Waals surface area contributed by atoms with Crippen molar-refractivity contribution >= 4 is 35.9 Å². The SMILES string of the molecule is COc1ccc(C(c2ccccc2)(c2ccc(OC)cc2)N(C(=O)[C@@H](CCCNC(=N)N)NC(=O)OC(C)(C)C)[C@@H](CCCCNC(=O)OC(C)(C)C)C(=O)N[C@@H](Cc2ccccc2)C(N)=O)cc1. The zero-order valence-corrected chi connectivity index (χ0v) is 41.1. The quantitative estimate of drug-likeness (QED) is 0.0189. The minimum absolute atomic E-state index is 0.00296. The summed E-state index contributed by atoms with van der Waals surface area (Å²) in [5.74, 6) is -1.43. The third kappa shape index (κ3) is 16.2. The molecule has 17 nitrogen and oxygen atoms in total. The molecule has 17 heteroatoms. The van der Waals surface area contributed by atoms with Crippen molar-refractivity contribution in [3.8, 4) is 11.5 Å². The van der Waals surface area contributed by atoms with E-state index in [0.717, 1.165) is 5.56 Å². The molecule has 4 aromatic carbocycles. The lowest BCUT2D eigenvalue weighted by atomic mass is 9.73. The van der Waals surface area contributed by atoms with E-state index in [2.05, 4.69) is 21.3 Å². The normalized spacial score (nSPS) is 12.8. The number of alkyl carbamates (subject to hydrolysis) is 2. The highest BCUT2D eigenvalue weighted by atomic mass is 16.6. The second-order valence-electron chi connectivity index (χ2n) is 18.5. The van der Waals surface area contributed by atoms with Crippen molar-refractivity contribution in [1.82, 2.24) is 26.2 Å². The predicted octanol–water partition coefficient (Wildman–Crippen LogP) is 6.26. The number of rotatable bonds is 23. The van der Waals surface area contributed by atoms with Crippen LogP contribution in [0.3, 0.4) is 0 Å². The number of unbranched alkanes of at least 4 members (excludes halogenated alkanes) is 1. The summed E-state index contributed by atoms with van der Waals surface area (Å²) in [7, 11) is 3.07. The van der Waals surface area contributed by atoms with Crippen LogP contribution in [0.5, 0.6) is 11.5 Å². The molecule has 69 heavy (non-hydrogen) atoms. The Hall–Kier alpha value is -7.30. The zero-order chi connectivity index (χ0) is 50.8. The molecular formula is C52H70N8O9. The van der Waals surface area contributed by atoms with Crippen molar-refractivity contribution in [3.63, 3.8) is 0 Å². The predicted molar refractivity (Wildman–Crippen MR) is 265 cm³/mol. The number of hydrogen-bond donors (Lipinski definition) is 7. The van der Waals surface area contributed by atoms with Gasteiger partial charge in [0.05, 0.1) is 14.2 Å². The van der Waals surface area contributed by atoms with Crippen molar-refractivity contribution in [2.45, 2.75) is 115 Å². The van der Waals surface area contributed by atoms with Crippen LogP contribution in [0.25, 0.3) is 0 Å². The van der Waals surface area contributed by atoms with Crippen LogP contribution in [0.2, 0.25) is 0 Å². The number of ether oxygens (including phenoxy) is 4. The molecule has 0 bridgehead atoms. The minimum atomic E-state index is -1.69. The minimum Gasteiger partial charge on any atom is -0.497 e. The van der Waals surface area contributed by atoms with Crippen LogP contribution in [0.1, 0.15) is 95.9 Å². The fourth-order valence-corrected chi connectivity index (χ4v) is 7.90. The Morgan fingerprint density at radius 1 is 0.594 bits per heavy atom. The van der Waals surface area contributed by atoms with E-state index >= 15 is 9.59 Å². The first-order chi connectivity index (χ1) is 32.7. The number of guanidine groups is 1. The lowest BCUT2D eigenvalue weighted by Gasteiger charge is -2.50. The van der Waals surface area contributed by atoms with Gasteiger partial charge >= 0.3 is 12.2 Å². The summed E-state index contributed by atoms with van der Waals surface area (Å²) >= 11 is 0. The molecule has 0 spiro atoms. The number of carbonyl (C=O) groups is 5. The Balaban J connectivity index is 2.09. The third-order valence-corrected chi connectivity index (χ3v) is 10.9. The third-order valence-electron chi connectivity index (χ3n) is 10.9. The summed E-state index contributed by atoms with van der Waals surface area (Å²) in [4.78, 5) is 73.4. The summed E-state index contributed by atoms with van der Waals surface area (Å²) < 4.78 is 22.4. The molecule has 0 saturated heterocycles. The van der Waals surface area contributed by atoms with E-state index in [1.165, 1.54) is 19.1 Å². The number of nitrogens with two attached hydrogens (primary N) is 2. The summed E-state index contributed by atoms with van der Waals surface area (Å²) in [5.41, 5.74) is 10.6. The Morgan fingerprint density at radius 2 is 1.09 bits per heavy atom. The van der Waals surface area contributed by atoms with Crippen molar-refractivity contribution in [3.05, 3.63) is 131 Å². The van der Waals surface area contributed by atoms with E-state index in [-0.39, 0.29) is 51.2 Å². The van der Waals surface area contributed by atoms with Crippen molar-refractivity contribution < 1.29 is 42.9 Å². The molecule has 0 aliphatic carbocycles. The summed E-state index contributed by atoms with van der Waals surface area (Å²) in [5, 5.41) is 19.1. The van der Waals surface area contributed by atoms with Gasteiger partial charge in [-0.15, -0.1) is 0 Å². The van der Waals surface area contributed by atoms with Gasteiger partial charge in [-0.1, -0.05) is 84.9 Å². The van der Waals surface area contributed by atoms with Crippen molar-refractivity contribution in [2.75, 3.05) is 27.3 Å². The van der Waals surface area contributed by atoms with Crippen LogP contribution in [-0.4, -0.2) is 97.4 Å². The van der Waals surface area contributed by atoms with Crippen molar-refractivity contribution in [1.29, 1.82) is 5.41 Å². The average Bonchev–Trinajstić information content (AvgIpc) is 3.29. The second-order valence-corrected chi connectivity index (χ2v) is 18.5. The summed E-state index contributed by atoms with van der Waals surface area (Å²) in [6.45, 7) is 10.7. The molecule has 4 rings (SSSR count). The van der Waals surface area contributed by atoms with E-state index in [9.17, 15) is 14.4 Å². The van der Waals surface area contributed by atoms with Crippen LogP contribution < -0.4 is 42.2 Å². The Bertz CT molecular complexity index is 2250. The molecule has 0 fully saturated rings. The Morgan fingerprint density at radius 3 is 1.58 bits per heavy atom. The molecule has 4 aromatic rings. The second kappa shape index (κ2) is 25.2. The van der Waals surface area contributed by atoms with E-state index in [0.29, 0.717) is 34.6 Å². The van der Waals surface area contributed by atoms with Gasteiger partial charge in [0.15, 0.2) is 5.96 Å². The fraction of sp³-hybridized carbons (Fsp3) is 0.423. The van der Waals surface area contributed by atoms with Gasteiger partial charge in [0, 0.05) is 19.5 Å². The van der Waals surface area contributed by atoms with Crippen LogP contribution in [-0.2, 0) is 35.8 Å². The lowest BCUT2D eigenvalue weighted by Crippen LogP contribution is -2.65. The molecule has 0 heterocycles. The molecule has 3 atom stereocenters. The van der Waals surface area contributed by atoms with Crippen molar-refractivity contribution in [2.24, 2.45) is 11.5 Å². The van der Waals surface area contributed by atoms with E-state index < -0.39 is 64.8 Å². The number of nitrogens with zero attached hydrogens (tertiary/aromatic N) is 1. The van der Waals surface area contributed by atoms with E-state index in [1.807, 2.05) is 84.9 Å². The highest BCUT2D eigenvalue weighted by Gasteiger charge is 2.51. The molecule has 9 N–H and O–H groups in total. The number of benzene rings is 4. The van der Waals surface area contributed by atoms with Gasteiger partial charge in [0.2, 0.25) is 17.7 Å². The highest BCUT2D eigenvalue weighted by Crippen LogP contribution is 2.46. The molecule has 372 valence electrons. The molecule has 0 aliphatic rings. The maximum Gasteiger partial charge on any atom is 0.408 e. The van der Waals surface area contributed by atoms with Gasteiger partial charge in [-0.05, 0) is 120 Å². The summed E-state index contributed by atoms with van der Waals surface area (Å²) in [6, 6.07) is 28.5. The topological polar surface area (TPSA) is 250 Å². The van der Waals surface area contributed by atoms with E-state index in [4.69, 9.17) is 35.8 Å². The number of hydrogen-bond acceptors (Lipinski definition) is 10. The van der Waals surface area contributed by atoms with Gasteiger partial charge in [-0.25, -0.2) is 9.59 Å².